The number of carbonyl (C=O) groups excluding carboxylic acids is 1. The second-order valence-electron chi connectivity index (χ2n) is 4.42. The minimum Gasteiger partial charge on any atom is -0.352 e. The molecule has 3 heteroatoms. The molecular formula is C15H17NOS. The van der Waals surface area contributed by atoms with Crippen molar-refractivity contribution in [3.63, 3.8) is 0 Å². The maximum absolute atomic E-state index is 12.3. The molecule has 0 saturated carbocycles. The molecule has 2 atom stereocenters. The van der Waals surface area contributed by atoms with Crippen LogP contribution in [0.4, 0.5) is 0 Å². The topological polar surface area (TPSA) is 29.1 Å². The van der Waals surface area contributed by atoms with Crippen molar-refractivity contribution < 1.29 is 4.79 Å². The normalized spacial score (nSPS) is 18.8. The Morgan fingerprint density at radius 2 is 2.39 bits per heavy atom. The Balaban J connectivity index is 2.05. The van der Waals surface area contributed by atoms with Gasteiger partial charge in [0.1, 0.15) is 0 Å². The number of benzene rings is 1. The number of thioether (sulfide) groups is 1. The first-order chi connectivity index (χ1) is 8.76. The highest BCUT2D eigenvalue weighted by atomic mass is 32.2. The highest BCUT2D eigenvalue weighted by Crippen LogP contribution is 2.39. The van der Waals surface area contributed by atoms with Gasteiger partial charge in [-0.15, -0.1) is 24.1 Å². The lowest BCUT2D eigenvalue weighted by molar-refractivity contribution is -0.122. The van der Waals surface area contributed by atoms with Gasteiger partial charge in [0.2, 0.25) is 5.91 Å². The van der Waals surface area contributed by atoms with Crippen LogP contribution in [0.15, 0.2) is 29.2 Å². The van der Waals surface area contributed by atoms with E-state index in [-0.39, 0.29) is 17.9 Å². The first kappa shape index (κ1) is 13.0. The SMILES string of the molecule is C#CCC(CC)NC(=O)C1CSc2ccccc21. The molecule has 1 amide bonds. The van der Waals surface area contributed by atoms with Gasteiger partial charge in [-0.3, -0.25) is 4.79 Å². The summed E-state index contributed by atoms with van der Waals surface area (Å²) >= 11 is 1.75. The Bertz CT molecular complexity index is 478. The Morgan fingerprint density at radius 1 is 1.61 bits per heavy atom. The molecular weight excluding hydrogens is 242 g/mol. The van der Waals surface area contributed by atoms with E-state index in [2.05, 4.69) is 17.3 Å². The van der Waals surface area contributed by atoms with Gasteiger partial charge < -0.3 is 5.32 Å². The fourth-order valence-electron chi connectivity index (χ4n) is 2.12. The molecule has 1 aliphatic heterocycles. The van der Waals surface area contributed by atoms with E-state index in [1.807, 2.05) is 25.1 Å². The molecule has 94 valence electrons. The Morgan fingerprint density at radius 3 is 3.11 bits per heavy atom. The summed E-state index contributed by atoms with van der Waals surface area (Å²) in [5.74, 6) is 3.52. The summed E-state index contributed by atoms with van der Waals surface area (Å²) in [4.78, 5) is 13.5. The molecule has 0 fully saturated rings. The number of hydrogen-bond donors (Lipinski definition) is 1. The number of rotatable bonds is 4. The van der Waals surface area contributed by atoms with E-state index in [0.29, 0.717) is 6.42 Å². The number of terminal acetylenes is 1. The molecule has 2 nitrogen and oxygen atoms in total. The maximum atomic E-state index is 12.3. The van der Waals surface area contributed by atoms with Crippen molar-refractivity contribution >= 4 is 17.7 Å². The Labute approximate surface area is 113 Å². The van der Waals surface area contributed by atoms with Crippen molar-refractivity contribution in [2.45, 2.75) is 36.6 Å². The summed E-state index contributed by atoms with van der Waals surface area (Å²) in [7, 11) is 0. The van der Waals surface area contributed by atoms with Crippen LogP contribution in [0.5, 0.6) is 0 Å². The van der Waals surface area contributed by atoms with Crippen LogP contribution in [0.1, 0.15) is 31.2 Å². The van der Waals surface area contributed by atoms with Crippen LogP contribution in [0.25, 0.3) is 0 Å². The number of fused-ring (bicyclic) bond motifs is 1. The second-order valence-corrected chi connectivity index (χ2v) is 5.49. The van der Waals surface area contributed by atoms with Crippen LogP contribution in [0, 0.1) is 12.3 Å². The number of hydrogen-bond acceptors (Lipinski definition) is 2. The third-order valence-corrected chi connectivity index (χ3v) is 4.40. The van der Waals surface area contributed by atoms with E-state index in [1.54, 1.807) is 11.8 Å². The van der Waals surface area contributed by atoms with Crippen molar-refractivity contribution in [3.8, 4) is 12.3 Å². The van der Waals surface area contributed by atoms with Gasteiger partial charge in [0, 0.05) is 23.1 Å². The fraction of sp³-hybridized carbons (Fsp3) is 0.400. The number of amides is 1. The third-order valence-electron chi connectivity index (χ3n) is 3.22. The van der Waals surface area contributed by atoms with E-state index in [9.17, 15) is 4.79 Å². The van der Waals surface area contributed by atoms with Crippen LogP contribution >= 0.6 is 11.8 Å². The lowest BCUT2D eigenvalue weighted by Crippen LogP contribution is -2.37. The van der Waals surface area contributed by atoms with Crippen LogP contribution in [0.2, 0.25) is 0 Å². The molecule has 0 saturated heterocycles. The maximum Gasteiger partial charge on any atom is 0.228 e. The molecule has 1 aliphatic rings. The van der Waals surface area contributed by atoms with Gasteiger partial charge in [-0.05, 0) is 18.1 Å². The zero-order chi connectivity index (χ0) is 13.0. The molecule has 0 aliphatic carbocycles. The average Bonchev–Trinajstić information content (AvgIpc) is 2.82. The summed E-state index contributed by atoms with van der Waals surface area (Å²) in [6.07, 6.45) is 6.78. The molecule has 1 N–H and O–H groups in total. The van der Waals surface area contributed by atoms with Gasteiger partial charge in [0.05, 0.1) is 5.92 Å². The summed E-state index contributed by atoms with van der Waals surface area (Å²) in [5, 5.41) is 3.06. The fourth-order valence-corrected chi connectivity index (χ4v) is 3.35. The summed E-state index contributed by atoms with van der Waals surface area (Å²) in [5.41, 5.74) is 1.15. The molecule has 0 bridgehead atoms. The smallest absolute Gasteiger partial charge is 0.228 e. The van der Waals surface area contributed by atoms with E-state index in [1.165, 1.54) is 4.90 Å². The van der Waals surface area contributed by atoms with Crippen molar-refractivity contribution in [3.05, 3.63) is 29.8 Å². The van der Waals surface area contributed by atoms with Crippen LogP contribution in [-0.4, -0.2) is 17.7 Å². The van der Waals surface area contributed by atoms with Gasteiger partial charge in [-0.1, -0.05) is 25.1 Å². The van der Waals surface area contributed by atoms with Gasteiger partial charge >= 0.3 is 0 Å². The van der Waals surface area contributed by atoms with E-state index in [4.69, 9.17) is 6.42 Å². The quantitative estimate of drug-likeness (QED) is 0.842. The minimum atomic E-state index is -0.0296. The molecule has 1 heterocycles. The van der Waals surface area contributed by atoms with Crippen molar-refractivity contribution in [2.24, 2.45) is 0 Å². The molecule has 0 aromatic heterocycles. The van der Waals surface area contributed by atoms with Crippen molar-refractivity contribution in [2.75, 3.05) is 5.75 Å². The summed E-state index contributed by atoms with van der Waals surface area (Å²) in [6.45, 7) is 2.04. The Kier molecular flexibility index (Phi) is 4.33. The molecule has 1 aromatic carbocycles. The standard InChI is InChI=1S/C15H17NOS/c1-3-7-11(4-2)16-15(17)13-10-18-14-9-6-5-8-12(13)14/h1,5-6,8-9,11,13H,4,7,10H2,2H3,(H,16,17). The largest absolute Gasteiger partial charge is 0.352 e. The number of nitrogens with one attached hydrogen (secondary N) is 1. The molecule has 18 heavy (non-hydrogen) atoms. The average molecular weight is 259 g/mol. The zero-order valence-corrected chi connectivity index (χ0v) is 11.3. The second kappa shape index (κ2) is 5.97. The van der Waals surface area contributed by atoms with Crippen LogP contribution in [0.3, 0.4) is 0 Å². The summed E-state index contributed by atoms with van der Waals surface area (Å²) < 4.78 is 0. The predicted octanol–water partition coefficient (Wildman–Crippen LogP) is 2.79. The van der Waals surface area contributed by atoms with Crippen molar-refractivity contribution in [1.82, 2.24) is 5.32 Å². The first-order valence-corrected chi connectivity index (χ1v) is 7.20. The number of carbonyl (C=O) groups is 1. The van der Waals surface area contributed by atoms with Crippen LogP contribution in [-0.2, 0) is 4.79 Å². The summed E-state index contributed by atoms with van der Waals surface area (Å²) in [6, 6.07) is 8.22. The van der Waals surface area contributed by atoms with Gasteiger partial charge in [0.15, 0.2) is 0 Å². The molecule has 1 aromatic rings. The third kappa shape index (κ3) is 2.70. The van der Waals surface area contributed by atoms with Gasteiger partial charge in [-0.25, -0.2) is 0 Å². The highest BCUT2D eigenvalue weighted by molar-refractivity contribution is 7.99. The lowest BCUT2D eigenvalue weighted by Gasteiger charge is -2.17. The van der Waals surface area contributed by atoms with E-state index >= 15 is 0 Å². The van der Waals surface area contributed by atoms with E-state index < -0.39 is 0 Å². The molecule has 0 radical (unpaired) electrons. The minimum absolute atomic E-state index is 0.0296. The Hall–Kier alpha value is -1.40. The first-order valence-electron chi connectivity index (χ1n) is 6.21. The monoisotopic (exact) mass is 259 g/mol. The predicted molar refractivity (Wildman–Crippen MR) is 75.6 cm³/mol. The van der Waals surface area contributed by atoms with Gasteiger partial charge in [-0.2, -0.15) is 0 Å². The molecule has 2 rings (SSSR count). The van der Waals surface area contributed by atoms with E-state index in [0.717, 1.165) is 17.7 Å². The van der Waals surface area contributed by atoms with Crippen molar-refractivity contribution in [1.29, 1.82) is 0 Å². The zero-order valence-electron chi connectivity index (χ0n) is 10.5. The molecule has 0 spiro atoms. The lowest BCUT2D eigenvalue weighted by atomic mass is 9.99. The molecule has 2 unspecified atom stereocenters. The van der Waals surface area contributed by atoms with Crippen LogP contribution < -0.4 is 5.32 Å². The van der Waals surface area contributed by atoms with Gasteiger partial charge in [0.25, 0.3) is 0 Å². The highest BCUT2D eigenvalue weighted by Gasteiger charge is 2.29.